The van der Waals surface area contributed by atoms with Gasteiger partial charge in [0.2, 0.25) is 5.95 Å². The summed E-state index contributed by atoms with van der Waals surface area (Å²) in [6.45, 7) is 0.337. The predicted octanol–water partition coefficient (Wildman–Crippen LogP) is 2.47. The molecule has 1 aliphatic carbocycles. The molecule has 2 heterocycles. The van der Waals surface area contributed by atoms with Gasteiger partial charge in [-0.1, -0.05) is 25.3 Å². The lowest BCUT2D eigenvalue weighted by Crippen LogP contribution is -2.44. The first-order chi connectivity index (χ1) is 15.5. The number of anilines is 2. The van der Waals surface area contributed by atoms with E-state index in [0.717, 1.165) is 30.3 Å². The van der Waals surface area contributed by atoms with E-state index in [9.17, 15) is 14.4 Å². The average Bonchev–Trinajstić information content (AvgIpc) is 2.81. The predicted molar refractivity (Wildman–Crippen MR) is 122 cm³/mol. The van der Waals surface area contributed by atoms with Gasteiger partial charge >= 0.3 is 11.4 Å². The van der Waals surface area contributed by atoms with E-state index < -0.39 is 11.4 Å². The minimum Gasteiger partial charge on any atom is -0.497 e. The van der Waals surface area contributed by atoms with Crippen LogP contribution < -0.4 is 27.0 Å². The van der Waals surface area contributed by atoms with E-state index in [1.165, 1.54) is 17.2 Å². The van der Waals surface area contributed by atoms with E-state index in [4.69, 9.17) is 4.74 Å². The zero-order valence-electron chi connectivity index (χ0n) is 18.0. The molecular weight excluding hydrogens is 410 g/mol. The van der Waals surface area contributed by atoms with Crippen LogP contribution in [0.2, 0.25) is 0 Å². The molecule has 9 nitrogen and oxygen atoms in total. The largest absolute Gasteiger partial charge is 0.497 e. The Morgan fingerprint density at radius 1 is 1.06 bits per heavy atom. The minimum atomic E-state index is -0.700. The molecule has 0 aliphatic heterocycles. The molecule has 0 spiro atoms. The van der Waals surface area contributed by atoms with Crippen LogP contribution >= 0.6 is 0 Å². The third-order valence-electron chi connectivity index (χ3n) is 5.89. The molecule has 168 valence electrons. The van der Waals surface area contributed by atoms with Gasteiger partial charge < -0.3 is 15.0 Å². The Hall–Kier alpha value is -3.62. The fraction of sp³-hybridized carbons (Fsp3) is 0.391. The molecule has 9 heteroatoms. The number of aromatic amines is 1. The van der Waals surface area contributed by atoms with Crippen LogP contribution in [-0.4, -0.2) is 26.2 Å². The van der Waals surface area contributed by atoms with Crippen LogP contribution in [0.1, 0.15) is 37.7 Å². The highest BCUT2D eigenvalue weighted by atomic mass is 16.5. The van der Waals surface area contributed by atoms with Gasteiger partial charge in [-0.15, -0.1) is 0 Å². The first-order valence-electron chi connectivity index (χ1n) is 10.8. The molecule has 0 radical (unpaired) electrons. The van der Waals surface area contributed by atoms with Crippen molar-refractivity contribution in [2.75, 3.05) is 12.4 Å². The lowest BCUT2D eigenvalue weighted by Gasteiger charge is -2.24. The number of aromatic nitrogens is 4. The third kappa shape index (κ3) is 4.82. The number of hydrogen-bond donors (Lipinski definition) is 2. The maximum Gasteiger partial charge on any atom is 0.355 e. The van der Waals surface area contributed by atoms with E-state index >= 15 is 0 Å². The van der Waals surface area contributed by atoms with Crippen molar-refractivity contribution >= 4 is 11.6 Å². The zero-order valence-corrected chi connectivity index (χ0v) is 18.0. The SMILES string of the molecule is COc1ccc(Nc2nc(=O)n(Cc3ccc[nH]c3=O)c(=O)n2CC2CCCCC2)cc1. The monoisotopic (exact) mass is 437 g/mol. The summed E-state index contributed by atoms with van der Waals surface area (Å²) in [4.78, 5) is 45.0. The van der Waals surface area contributed by atoms with E-state index in [0.29, 0.717) is 29.5 Å². The quantitative estimate of drug-likeness (QED) is 0.587. The summed E-state index contributed by atoms with van der Waals surface area (Å²) in [5, 5.41) is 3.11. The summed E-state index contributed by atoms with van der Waals surface area (Å²) in [5.74, 6) is 1.24. The molecule has 1 fully saturated rings. The van der Waals surface area contributed by atoms with Crippen LogP contribution in [0, 0.1) is 5.92 Å². The maximum absolute atomic E-state index is 13.4. The van der Waals surface area contributed by atoms with Gasteiger partial charge in [0.15, 0.2) is 0 Å². The normalized spacial score (nSPS) is 14.3. The van der Waals surface area contributed by atoms with Crippen LogP contribution in [0.4, 0.5) is 11.6 Å². The Morgan fingerprint density at radius 3 is 2.50 bits per heavy atom. The van der Waals surface area contributed by atoms with Crippen LogP contribution in [-0.2, 0) is 13.1 Å². The number of pyridine rings is 1. The first kappa shape index (κ1) is 21.6. The number of nitrogens with one attached hydrogen (secondary N) is 2. The van der Waals surface area contributed by atoms with Gasteiger partial charge in [0, 0.05) is 24.0 Å². The Balaban J connectivity index is 1.73. The molecule has 0 unspecified atom stereocenters. The van der Waals surface area contributed by atoms with E-state index in [1.54, 1.807) is 43.5 Å². The Labute approximate surface area is 184 Å². The number of benzene rings is 1. The van der Waals surface area contributed by atoms with Gasteiger partial charge in [-0.2, -0.15) is 4.98 Å². The molecule has 1 saturated carbocycles. The first-order valence-corrected chi connectivity index (χ1v) is 10.8. The summed E-state index contributed by atoms with van der Waals surface area (Å²) in [7, 11) is 1.59. The van der Waals surface area contributed by atoms with Crippen molar-refractivity contribution < 1.29 is 4.74 Å². The summed E-state index contributed by atoms with van der Waals surface area (Å²) in [6, 6.07) is 10.4. The number of nitrogens with zero attached hydrogens (tertiary/aromatic N) is 3. The van der Waals surface area contributed by atoms with Gasteiger partial charge in [-0.3, -0.25) is 9.36 Å². The Kier molecular flexibility index (Phi) is 6.53. The standard InChI is InChI=1S/C23H27N5O4/c1-32-19-11-9-18(10-12-19)25-21-26-22(30)28(15-17-8-5-13-24-20(17)29)23(31)27(21)14-16-6-3-2-4-7-16/h5,8-13,16H,2-4,6-7,14-15H2,1H3,(H,24,29)(H,25,26,30). The minimum absolute atomic E-state index is 0.131. The number of ether oxygens (including phenoxy) is 1. The molecule has 1 aromatic carbocycles. The third-order valence-corrected chi connectivity index (χ3v) is 5.89. The topological polar surface area (TPSA) is 111 Å². The molecule has 2 aromatic heterocycles. The second-order valence-corrected chi connectivity index (χ2v) is 8.08. The maximum atomic E-state index is 13.4. The highest BCUT2D eigenvalue weighted by molar-refractivity contribution is 5.54. The van der Waals surface area contributed by atoms with Gasteiger partial charge in [0.1, 0.15) is 5.75 Å². The molecule has 0 bridgehead atoms. The van der Waals surface area contributed by atoms with Crippen LogP contribution in [0.15, 0.2) is 57.0 Å². The van der Waals surface area contributed by atoms with Crippen LogP contribution in [0.3, 0.4) is 0 Å². The summed E-state index contributed by atoms with van der Waals surface area (Å²) < 4.78 is 7.73. The zero-order chi connectivity index (χ0) is 22.5. The Bertz CT molecular complexity index is 1240. The number of rotatable bonds is 7. The van der Waals surface area contributed by atoms with Crippen molar-refractivity contribution in [2.45, 2.75) is 45.2 Å². The second kappa shape index (κ2) is 9.67. The summed E-state index contributed by atoms with van der Waals surface area (Å²) in [6.07, 6.45) is 7.05. The average molecular weight is 438 g/mol. The summed E-state index contributed by atoms with van der Waals surface area (Å²) >= 11 is 0. The molecular formula is C23H27N5O4. The highest BCUT2D eigenvalue weighted by Gasteiger charge is 2.20. The van der Waals surface area contributed by atoms with Gasteiger partial charge in [0.25, 0.3) is 5.56 Å². The van der Waals surface area contributed by atoms with Gasteiger partial charge in [-0.05, 0) is 49.1 Å². The van der Waals surface area contributed by atoms with Crippen molar-refractivity contribution in [3.63, 3.8) is 0 Å². The van der Waals surface area contributed by atoms with Gasteiger partial charge in [-0.25, -0.2) is 14.2 Å². The molecule has 0 saturated heterocycles. The van der Waals surface area contributed by atoms with Crippen molar-refractivity contribution in [3.05, 3.63) is 79.5 Å². The highest BCUT2D eigenvalue weighted by Crippen LogP contribution is 2.26. The fourth-order valence-corrected chi connectivity index (χ4v) is 4.11. The number of H-pyrrole nitrogens is 1. The van der Waals surface area contributed by atoms with Crippen molar-refractivity contribution in [1.29, 1.82) is 0 Å². The lowest BCUT2D eigenvalue weighted by atomic mass is 9.89. The van der Waals surface area contributed by atoms with E-state index in [-0.39, 0.29) is 18.1 Å². The smallest absolute Gasteiger partial charge is 0.355 e. The van der Waals surface area contributed by atoms with Crippen molar-refractivity contribution in [3.8, 4) is 5.75 Å². The van der Waals surface area contributed by atoms with Crippen LogP contribution in [0.25, 0.3) is 0 Å². The van der Waals surface area contributed by atoms with E-state index in [2.05, 4.69) is 15.3 Å². The molecule has 0 amide bonds. The molecule has 4 rings (SSSR count). The number of methoxy groups -OCH3 is 1. The number of hydrogen-bond acceptors (Lipinski definition) is 6. The van der Waals surface area contributed by atoms with Crippen LogP contribution in [0.5, 0.6) is 5.75 Å². The molecule has 2 N–H and O–H groups in total. The molecule has 1 aliphatic rings. The summed E-state index contributed by atoms with van der Waals surface area (Å²) in [5.41, 5.74) is -0.498. The molecule has 0 atom stereocenters. The Morgan fingerprint density at radius 2 is 1.81 bits per heavy atom. The second-order valence-electron chi connectivity index (χ2n) is 8.08. The molecule has 3 aromatic rings. The lowest BCUT2D eigenvalue weighted by molar-refractivity contribution is 0.311. The molecule has 32 heavy (non-hydrogen) atoms. The van der Waals surface area contributed by atoms with Crippen molar-refractivity contribution in [1.82, 2.24) is 19.1 Å². The fourth-order valence-electron chi connectivity index (χ4n) is 4.11. The van der Waals surface area contributed by atoms with Gasteiger partial charge in [0.05, 0.1) is 13.7 Å². The van der Waals surface area contributed by atoms with Crippen molar-refractivity contribution in [2.24, 2.45) is 5.92 Å². The van der Waals surface area contributed by atoms with E-state index in [1.807, 2.05) is 0 Å².